The lowest BCUT2D eigenvalue weighted by molar-refractivity contribution is -0.116. The second-order valence-corrected chi connectivity index (χ2v) is 5.37. The Morgan fingerprint density at radius 1 is 1.21 bits per heavy atom. The van der Waals surface area contributed by atoms with E-state index in [4.69, 9.17) is 0 Å². The maximum Gasteiger partial charge on any atom is 0.317 e. The number of nitrogens with zero attached hydrogens (tertiary/aromatic N) is 1. The van der Waals surface area contributed by atoms with E-state index < -0.39 is 22.8 Å². The van der Waals surface area contributed by atoms with Crippen molar-refractivity contribution in [3.05, 3.63) is 74.6 Å². The Morgan fingerprint density at radius 2 is 1.96 bits per heavy atom. The number of carbonyl (C=O) groups excluding carboxylic acids is 1. The van der Waals surface area contributed by atoms with Gasteiger partial charge < -0.3 is 10.3 Å². The molecule has 2 N–H and O–H groups in total. The van der Waals surface area contributed by atoms with E-state index in [-0.39, 0.29) is 17.6 Å². The van der Waals surface area contributed by atoms with Crippen molar-refractivity contribution in [3.63, 3.8) is 0 Å². The first-order valence-electron chi connectivity index (χ1n) is 7.23. The summed E-state index contributed by atoms with van der Waals surface area (Å²) in [6, 6.07) is 10.8. The van der Waals surface area contributed by atoms with Gasteiger partial charge >= 0.3 is 11.1 Å². The molecule has 122 valence electrons. The first-order chi connectivity index (χ1) is 11.5. The molecular formula is C17H14FN3O3. The van der Waals surface area contributed by atoms with Crippen LogP contribution >= 0.6 is 0 Å². The predicted molar refractivity (Wildman–Crippen MR) is 88.6 cm³/mol. The van der Waals surface area contributed by atoms with E-state index in [0.29, 0.717) is 5.69 Å². The molecule has 1 aromatic heterocycles. The van der Waals surface area contributed by atoms with Gasteiger partial charge in [-0.2, -0.15) is 0 Å². The first kappa shape index (κ1) is 15.7. The minimum atomic E-state index is -0.906. The number of anilines is 1. The van der Waals surface area contributed by atoms with Gasteiger partial charge in [-0.05, 0) is 36.8 Å². The topological polar surface area (TPSA) is 84.0 Å². The molecule has 0 aliphatic heterocycles. The number of hydrogen-bond acceptors (Lipinski definition) is 3. The molecule has 0 bridgehead atoms. The van der Waals surface area contributed by atoms with Crippen molar-refractivity contribution in [2.75, 3.05) is 5.32 Å². The van der Waals surface area contributed by atoms with Crippen LogP contribution in [-0.4, -0.2) is 15.5 Å². The number of aromatic nitrogens is 2. The molecule has 0 radical (unpaired) electrons. The summed E-state index contributed by atoms with van der Waals surface area (Å²) in [7, 11) is 0. The first-order valence-corrected chi connectivity index (χ1v) is 7.23. The van der Waals surface area contributed by atoms with E-state index in [1.807, 2.05) is 19.1 Å². The minimum Gasteiger partial charge on any atom is -0.324 e. The number of benzene rings is 2. The highest BCUT2D eigenvalue weighted by Gasteiger charge is 2.12. The number of halogens is 1. The molecular weight excluding hydrogens is 313 g/mol. The van der Waals surface area contributed by atoms with Crippen molar-refractivity contribution in [1.82, 2.24) is 9.55 Å². The van der Waals surface area contributed by atoms with Crippen LogP contribution in [0.3, 0.4) is 0 Å². The van der Waals surface area contributed by atoms with E-state index in [1.54, 1.807) is 12.1 Å². The number of carbonyl (C=O) groups is 1. The highest BCUT2D eigenvalue weighted by molar-refractivity contribution is 5.92. The number of amides is 1. The van der Waals surface area contributed by atoms with Gasteiger partial charge in [0, 0.05) is 5.69 Å². The van der Waals surface area contributed by atoms with E-state index in [0.717, 1.165) is 22.3 Å². The summed E-state index contributed by atoms with van der Waals surface area (Å²) in [4.78, 5) is 38.3. The van der Waals surface area contributed by atoms with E-state index in [9.17, 15) is 18.8 Å². The Morgan fingerprint density at radius 3 is 2.71 bits per heavy atom. The quantitative estimate of drug-likeness (QED) is 0.719. The van der Waals surface area contributed by atoms with Crippen LogP contribution in [0, 0.1) is 12.7 Å². The van der Waals surface area contributed by atoms with Gasteiger partial charge in [0.1, 0.15) is 12.4 Å². The summed E-state index contributed by atoms with van der Waals surface area (Å²) in [5.74, 6) is -1.00. The van der Waals surface area contributed by atoms with Crippen molar-refractivity contribution >= 4 is 22.6 Å². The molecule has 0 saturated heterocycles. The fraction of sp³-hybridized carbons (Fsp3) is 0.118. The molecule has 1 amide bonds. The van der Waals surface area contributed by atoms with E-state index in [1.165, 1.54) is 6.07 Å². The number of aryl methyl sites for hydroxylation is 1. The zero-order valence-corrected chi connectivity index (χ0v) is 12.8. The smallest absolute Gasteiger partial charge is 0.317 e. The van der Waals surface area contributed by atoms with Crippen LogP contribution in [-0.2, 0) is 11.3 Å². The van der Waals surface area contributed by atoms with Gasteiger partial charge in [0.2, 0.25) is 5.91 Å². The Balaban J connectivity index is 1.99. The molecule has 0 unspecified atom stereocenters. The van der Waals surface area contributed by atoms with Crippen molar-refractivity contribution in [1.29, 1.82) is 0 Å². The fourth-order valence-electron chi connectivity index (χ4n) is 2.45. The number of para-hydroxylation sites is 1. The van der Waals surface area contributed by atoms with Gasteiger partial charge in [-0.25, -0.2) is 4.39 Å². The molecule has 0 aliphatic carbocycles. The van der Waals surface area contributed by atoms with Gasteiger partial charge in [0.05, 0.1) is 11.0 Å². The van der Waals surface area contributed by atoms with Crippen LogP contribution in [0.25, 0.3) is 11.0 Å². The Hall–Kier alpha value is -3.22. The number of hydrogen-bond donors (Lipinski definition) is 2. The summed E-state index contributed by atoms with van der Waals surface area (Å²) in [5.41, 5.74) is 0.154. The third-order valence-corrected chi connectivity index (χ3v) is 3.66. The summed E-state index contributed by atoms with van der Waals surface area (Å²) >= 11 is 0. The molecule has 0 atom stereocenters. The summed E-state index contributed by atoms with van der Waals surface area (Å²) in [6.45, 7) is 1.49. The van der Waals surface area contributed by atoms with Crippen LogP contribution in [0.2, 0.25) is 0 Å². The average molecular weight is 327 g/mol. The highest BCUT2D eigenvalue weighted by atomic mass is 19.1. The zero-order chi connectivity index (χ0) is 17.3. The molecule has 3 aromatic rings. The number of rotatable bonds is 3. The number of H-pyrrole nitrogens is 1. The second kappa shape index (κ2) is 6.11. The molecule has 0 spiro atoms. The van der Waals surface area contributed by atoms with Crippen molar-refractivity contribution in [3.8, 4) is 0 Å². The van der Waals surface area contributed by atoms with Gasteiger partial charge in [0.25, 0.3) is 0 Å². The van der Waals surface area contributed by atoms with Crippen LogP contribution in [0.15, 0.2) is 52.1 Å². The number of fused-ring (bicyclic) bond motifs is 1. The van der Waals surface area contributed by atoms with Crippen LogP contribution in [0.4, 0.5) is 10.1 Å². The standard InChI is InChI=1S/C17H14FN3O3/c1-10-4-2-3-5-12(10)19-15(22)9-21-14-7-6-11(18)8-13(14)20-16(23)17(21)24/h2-8H,9H2,1H3,(H,19,22)(H,20,23). The Labute approximate surface area is 135 Å². The van der Waals surface area contributed by atoms with Gasteiger partial charge in [-0.15, -0.1) is 0 Å². The third kappa shape index (κ3) is 2.96. The van der Waals surface area contributed by atoms with E-state index >= 15 is 0 Å². The Kier molecular flexibility index (Phi) is 3.99. The SMILES string of the molecule is Cc1ccccc1NC(=O)Cn1c(=O)c(=O)[nH]c2cc(F)ccc21. The molecule has 0 saturated carbocycles. The second-order valence-electron chi connectivity index (χ2n) is 5.37. The van der Waals surface area contributed by atoms with Crippen LogP contribution in [0.1, 0.15) is 5.56 Å². The monoisotopic (exact) mass is 327 g/mol. The Bertz CT molecular complexity index is 1050. The summed E-state index contributed by atoms with van der Waals surface area (Å²) < 4.78 is 14.3. The highest BCUT2D eigenvalue weighted by Crippen LogP contribution is 2.14. The molecule has 7 heteroatoms. The molecule has 24 heavy (non-hydrogen) atoms. The molecule has 3 rings (SSSR count). The van der Waals surface area contributed by atoms with Crippen LogP contribution in [0.5, 0.6) is 0 Å². The zero-order valence-electron chi connectivity index (χ0n) is 12.8. The van der Waals surface area contributed by atoms with Gasteiger partial charge in [0.15, 0.2) is 0 Å². The normalized spacial score (nSPS) is 10.8. The molecule has 1 heterocycles. The number of aromatic amines is 1. The molecule has 0 fully saturated rings. The third-order valence-electron chi connectivity index (χ3n) is 3.66. The molecule has 2 aromatic carbocycles. The van der Waals surface area contributed by atoms with E-state index in [2.05, 4.69) is 10.3 Å². The van der Waals surface area contributed by atoms with Crippen molar-refractivity contribution in [2.24, 2.45) is 0 Å². The lowest BCUT2D eigenvalue weighted by Gasteiger charge is -2.11. The van der Waals surface area contributed by atoms with Crippen molar-refractivity contribution < 1.29 is 9.18 Å². The lowest BCUT2D eigenvalue weighted by atomic mass is 10.2. The number of nitrogens with one attached hydrogen (secondary N) is 2. The van der Waals surface area contributed by atoms with Crippen molar-refractivity contribution in [2.45, 2.75) is 13.5 Å². The summed E-state index contributed by atoms with van der Waals surface area (Å²) in [6.07, 6.45) is 0. The lowest BCUT2D eigenvalue weighted by Crippen LogP contribution is -2.38. The fourth-order valence-corrected chi connectivity index (χ4v) is 2.45. The summed E-state index contributed by atoms with van der Waals surface area (Å²) in [5, 5.41) is 2.70. The maximum atomic E-state index is 13.3. The molecule has 0 aliphatic rings. The molecule has 6 nitrogen and oxygen atoms in total. The average Bonchev–Trinajstić information content (AvgIpc) is 2.54. The predicted octanol–water partition coefficient (Wildman–Crippen LogP) is 1.78. The van der Waals surface area contributed by atoms with Gasteiger partial charge in [-0.1, -0.05) is 18.2 Å². The van der Waals surface area contributed by atoms with Crippen LogP contribution < -0.4 is 16.4 Å². The largest absolute Gasteiger partial charge is 0.324 e. The maximum absolute atomic E-state index is 13.3. The van der Waals surface area contributed by atoms with Gasteiger partial charge in [-0.3, -0.25) is 19.0 Å². The minimum absolute atomic E-state index is 0.156.